The van der Waals surface area contributed by atoms with Crippen LogP contribution in [0, 0.1) is 29.1 Å². The smallest absolute Gasteiger partial charge is 0.340 e. The van der Waals surface area contributed by atoms with E-state index in [4.69, 9.17) is 18.9 Å². The number of carbonyl (C=O) groups is 2. The number of likely N-dealkylation sites (tertiary alicyclic amines) is 1. The number of carbonyl (C=O) groups excluding carboxylic acids is 2. The Morgan fingerprint density at radius 2 is 1.83 bits per heavy atom. The molecular weight excluding hydrogens is 540 g/mol. The predicted molar refractivity (Wildman–Crippen MR) is 152 cm³/mol. The van der Waals surface area contributed by atoms with Gasteiger partial charge in [0.05, 0.1) is 29.6 Å². The van der Waals surface area contributed by atoms with Gasteiger partial charge in [-0.1, -0.05) is 19.1 Å². The van der Waals surface area contributed by atoms with Crippen molar-refractivity contribution in [1.29, 1.82) is 0 Å². The summed E-state index contributed by atoms with van der Waals surface area (Å²) in [6.45, 7) is 4.79. The van der Waals surface area contributed by atoms with E-state index in [2.05, 4.69) is 17.1 Å². The summed E-state index contributed by atoms with van der Waals surface area (Å²) in [6.07, 6.45) is 1.91. The van der Waals surface area contributed by atoms with Crippen LogP contribution >= 0.6 is 0 Å². The molecule has 1 aromatic rings. The first-order valence-corrected chi connectivity index (χ1v) is 15.4. The summed E-state index contributed by atoms with van der Waals surface area (Å²) in [7, 11) is 5.05. The summed E-state index contributed by atoms with van der Waals surface area (Å²) >= 11 is 0. The van der Waals surface area contributed by atoms with Crippen molar-refractivity contribution in [2.24, 2.45) is 29.1 Å². The molecule has 5 aliphatic carbocycles. The fourth-order valence-electron chi connectivity index (χ4n) is 11.6. The number of para-hydroxylation sites is 1. The van der Waals surface area contributed by atoms with Gasteiger partial charge < -0.3 is 34.5 Å². The van der Waals surface area contributed by atoms with Gasteiger partial charge in [0.1, 0.15) is 16.8 Å². The van der Waals surface area contributed by atoms with Gasteiger partial charge in [0.25, 0.3) is 0 Å². The topological polar surface area (TPSA) is 127 Å². The van der Waals surface area contributed by atoms with Crippen LogP contribution in [0.1, 0.15) is 56.3 Å². The first-order valence-electron chi connectivity index (χ1n) is 15.4. The van der Waals surface area contributed by atoms with Crippen LogP contribution in [0.2, 0.25) is 0 Å². The molecule has 1 spiro atoms. The summed E-state index contributed by atoms with van der Waals surface area (Å²) < 4.78 is 25.1. The highest BCUT2D eigenvalue weighted by Gasteiger charge is 2.89. The first-order chi connectivity index (χ1) is 20.1. The molecule has 6 aliphatic rings. The summed E-state index contributed by atoms with van der Waals surface area (Å²) in [6, 6.07) is 6.89. The number of methoxy groups -OCH3 is 3. The van der Waals surface area contributed by atoms with Crippen LogP contribution in [-0.2, 0) is 23.7 Å². The Hall–Kier alpha value is -2.08. The Morgan fingerprint density at radius 3 is 2.50 bits per heavy atom. The minimum atomic E-state index is -1.48. The second kappa shape index (κ2) is 9.46. The molecule has 7 rings (SSSR count). The second-order valence-corrected chi connectivity index (χ2v) is 13.7. The normalized spacial score (nSPS) is 48.2. The minimum absolute atomic E-state index is 0.0432. The quantitative estimate of drug-likeness (QED) is 0.414. The van der Waals surface area contributed by atoms with Crippen molar-refractivity contribution < 1.29 is 38.7 Å². The molecule has 3 N–H and O–H groups in total. The highest BCUT2D eigenvalue weighted by Crippen LogP contribution is 2.79. The molecule has 1 amide bonds. The zero-order valence-corrected chi connectivity index (χ0v) is 25.2. The first kappa shape index (κ1) is 28.7. The largest absolute Gasteiger partial charge is 0.454 e. The van der Waals surface area contributed by atoms with Crippen LogP contribution in [-0.4, -0.2) is 103 Å². The molecule has 5 saturated carbocycles. The van der Waals surface area contributed by atoms with E-state index >= 15 is 0 Å². The number of ether oxygens (including phenoxy) is 4. The summed E-state index contributed by atoms with van der Waals surface area (Å²) in [5, 5.41) is 28.4. The Bertz CT molecular complexity index is 1290. The van der Waals surface area contributed by atoms with Crippen molar-refractivity contribution in [2.75, 3.05) is 39.7 Å². The molecule has 42 heavy (non-hydrogen) atoms. The molecule has 6 fully saturated rings. The lowest BCUT2D eigenvalue weighted by Crippen LogP contribution is -2.83. The van der Waals surface area contributed by atoms with E-state index in [-0.39, 0.29) is 47.8 Å². The monoisotopic (exact) mass is 584 g/mol. The fourth-order valence-corrected chi connectivity index (χ4v) is 11.6. The maximum Gasteiger partial charge on any atom is 0.340 e. The molecule has 10 heteroatoms. The Labute approximate surface area is 247 Å². The summed E-state index contributed by atoms with van der Waals surface area (Å²) in [5.74, 6) is -1.54. The molecule has 0 radical (unpaired) electrons. The van der Waals surface area contributed by atoms with Crippen LogP contribution in [0.25, 0.3) is 0 Å². The number of anilines is 1. The number of amides is 1. The maximum atomic E-state index is 14.0. The molecule has 12 atom stereocenters. The van der Waals surface area contributed by atoms with E-state index in [9.17, 15) is 19.8 Å². The maximum absolute atomic E-state index is 14.0. The lowest BCUT2D eigenvalue weighted by atomic mass is 9.44. The number of nitrogens with one attached hydrogen (secondary N) is 1. The van der Waals surface area contributed by atoms with Crippen LogP contribution in [0.5, 0.6) is 0 Å². The molecule has 1 saturated heterocycles. The van der Waals surface area contributed by atoms with E-state index in [1.165, 1.54) is 6.92 Å². The van der Waals surface area contributed by atoms with Gasteiger partial charge >= 0.3 is 5.97 Å². The van der Waals surface area contributed by atoms with Crippen molar-refractivity contribution >= 4 is 17.6 Å². The van der Waals surface area contributed by atoms with E-state index in [0.717, 1.165) is 0 Å². The molecule has 0 unspecified atom stereocenters. The number of hydrogen-bond acceptors (Lipinski definition) is 9. The van der Waals surface area contributed by atoms with Crippen LogP contribution in [0.4, 0.5) is 5.69 Å². The highest BCUT2D eigenvalue weighted by molar-refractivity contribution is 6.00. The second-order valence-electron chi connectivity index (χ2n) is 13.7. The number of esters is 1. The van der Waals surface area contributed by atoms with E-state index in [0.29, 0.717) is 56.4 Å². The standard InChI is InChI=1S/C32H44N2O8/c1-6-34-16-29(42-28(36)18-9-7-8-10-21(18)33-17(2)35)12-11-25(40-4)31-23(29)14-20(26(31)34)30(37)15-22(39-3)19-13-24(31)32(30,38)27(19)41-5/h7-10,19-20,22-27,37-38H,6,11-16H2,1-5H3,(H,33,35)/t19-,20+,22-,23+,24-,25+,26-,27+,29-,30+,31+,32+/m1/s1. The van der Waals surface area contributed by atoms with Crippen molar-refractivity contribution in [3.8, 4) is 0 Å². The third kappa shape index (κ3) is 3.21. The van der Waals surface area contributed by atoms with Gasteiger partial charge in [-0.15, -0.1) is 0 Å². The lowest BCUT2D eigenvalue weighted by molar-refractivity contribution is -0.337. The number of aliphatic hydroxyl groups is 2. The average molecular weight is 585 g/mol. The fraction of sp³-hybridized carbons (Fsp3) is 0.750. The number of likely N-dealkylation sites (N-methyl/N-ethyl adjacent to an activating group) is 1. The zero-order chi connectivity index (χ0) is 29.8. The van der Waals surface area contributed by atoms with E-state index < -0.39 is 34.3 Å². The van der Waals surface area contributed by atoms with Gasteiger partial charge in [-0.25, -0.2) is 4.79 Å². The van der Waals surface area contributed by atoms with Gasteiger partial charge in [0.2, 0.25) is 5.91 Å². The molecule has 1 heterocycles. The van der Waals surface area contributed by atoms with Crippen molar-refractivity contribution in [3.05, 3.63) is 29.8 Å². The van der Waals surface area contributed by atoms with E-state index in [1.54, 1.807) is 45.6 Å². The third-order valence-electron chi connectivity index (χ3n) is 12.6. The SMILES string of the molecule is CCN1C[C@]2(OC(=O)c3ccccc3NC(C)=O)CC[C@H](OC)[C@@]34[C@H]5C[C@@H]6[C@H](OC)C[C@](O)([C@@H](C[C@@H]23)[C@@H]14)[C@@]5(O)[C@H]6OC. The molecule has 230 valence electrons. The number of fused-ring (bicyclic) bond motifs is 2. The molecule has 0 aromatic heterocycles. The Morgan fingerprint density at radius 1 is 1.07 bits per heavy atom. The Kier molecular flexibility index (Phi) is 6.46. The summed E-state index contributed by atoms with van der Waals surface area (Å²) in [5.41, 5.74) is -3.57. The van der Waals surface area contributed by atoms with Gasteiger partial charge in [0.15, 0.2) is 0 Å². The van der Waals surface area contributed by atoms with Crippen LogP contribution in [0.3, 0.4) is 0 Å². The Balaban J connectivity index is 1.38. The number of hydrogen-bond donors (Lipinski definition) is 3. The van der Waals surface area contributed by atoms with Crippen molar-refractivity contribution in [1.82, 2.24) is 4.90 Å². The van der Waals surface area contributed by atoms with Crippen molar-refractivity contribution in [3.63, 3.8) is 0 Å². The average Bonchev–Trinajstić information content (AvgIpc) is 3.39. The predicted octanol–water partition coefficient (Wildman–Crippen LogP) is 2.22. The number of nitrogens with zero attached hydrogens (tertiary/aromatic N) is 1. The van der Waals surface area contributed by atoms with Gasteiger partial charge in [0, 0.05) is 76.3 Å². The highest BCUT2D eigenvalue weighted by atomic mass is 16.6. The number of piperidine rings is 1. The zero-order valence-electron chi connectivity index (χ0n) is 25.2. The van der Waals surface area contributed by atoms with Crippen LogP contribution in [0.15, 0.2) is 24.3 Å². The minimum Gasteiger partial charge on any atom is -0.454 e. The van der Waals surface area contributed by atoms with Crippen molar-refractivity contribution in [2.45, 2.75) is 87.1 Å². The molecule has 7 bridgehead atoms. The third-order valence-corrected chi connectivity index (χ3v) is 12.6. The molecule has 10 nitrogen and oxygen atoms in total. The summed E-state index contributed by atoms with van der Waals surface area (Å²) in [4.78, 5) is 28.3. The van der Waals surface area contributed by atoms with Gasteiger partial charge in [-0.05, 0) is 44.4 Å². The lowest BCUT2D eigenvalue weighted by Gasteiger charge is -2.70. The molecular formula is C32H44N2O8. The molecule has 1 aliphatic heterocycles. The number of rotatable bonds is 7. The van der Waals surface area contributed by atoms with Gasteiger partial charge in [-0.2, -0.15) is 0 Å². The van der Waals surface area contributed by atoms with Gasteiger partial charge in [-0.3, -0.25) is 9.69 Å². The molecule has 1 aromatic carbocycles. The van der Waals surface area contributed by atoms with Crippen LogP contribution < -0.4 is 5.32 Å². The number of benzene rings is 1. The van der Waals surface area contributed by atoms with E-state index in [1.807, 2.05) is 0 Å².